The van der Waals surface area contributed by atoms with Gasteiger partial charge in [0.1, 0.15) is 6.23 Å². The van der Waals surface area contributed by atoms with E-state index in [-0.39, 0.29) is 0 Å². The molecule has 1 radical (unpaired) electrons. The Kier molecular flexibility index (Phi) is 3.17. The van der Waals surface area contributed by atoms with Crippen LogP contribution in [0.1, 0.15) is 43.9 Å². The van der Waals surface area contributed by atoms with E-state index in [1.165, 1.54) is 16.7 Å². The Labute approximate surface area is 104 Å². The number of fused-ring (bicyclic) bond motifs is 1. The lowest BCUT2D eigenvalue weighted by molar-refractivity contribution is 0.200. The van der Waals surface area contributed by atoms with E-state index in [0.717, 1.165) is 12.1 Å². The number of aliphatic hydroxyl groups is 1. The van der Waals surface area contributed by atoms with Crippen LogP contribution in [0.25, 0.3) is 0 Å². The zero-order valence-electron chi connectivity index (χ0n) is 11.2. The van der Waals surface area contributed by atoms with Crippen molar-refractivity contribution in [2.24, 2.45) is 5.41 Å². The molecule has 1 aromatic carbocycles. The van der Waals surface area contributed by atoms with Crippen LogP contribution in [0, 0.1) is 18.8 Å². The normalized spacial score (nSPS) is 19.7. The zero-order valence-corrected chi connectivity index (χ0v) is 11.2. The van der Waals surface area contributed by atoms with Gasteiger partial charge in [-0.15, -0.1) is 0 Å². The van der Waals surface area contributed by atoms with Crippen molar-refractivity contribution in [3.8, 4) is 0 Å². The maximum atomic E-state index is 9.59. The summed E-state index contributed by atoms with van der Waals surface area (Å²) in [6.07, 6.45) is 3.45. The summed E-state index contributed by atoms with van der Waals surface area (Å²) in [4.78, 5) is 0. The summed E-state index contributed by atoms with van der Waals surface area (Å²) in [6.45, 7) is 8.87. The van der Waals surface area contributed by atoms with Crippen molar-refractivity contribution in [1.29, 1.82) is 0 Å². The first kappa shape index (κ1) is 12.4. The van der Waals surface area contributed by atoms with Crippen molar-refractivity contribution < 1.29 is 5.11 Å². The van der Waals surface area contributed by atoms with E-state index in [1.807, 2.05) is 0 Å². The molecule has 0 spiro atoms. The molecule has 0 aliphatic carbocycles. The van der Waals surface area contributed by atoms with Gasteiger partial charge in [0.15, 0.2) is 0 Å². The van der Waals surface area contributed by atoms with Crippen LogP contribution < -0.4 is 5.32 Å². The van der Waals surface area contributed by atoms with E-state index in [0.29, 0.717) is 11.8 Å². The van der Waals surface area contributed by atoms with Gasteiger partial charge in [0.25, 0.3) is 0 Å². The molecule has 0 amide bonds. The average molecular weight is 232 g/mol. The summed E-state index contributed by atoms with van der Waals surface area (Å²) in [5.41, 5.74) is 5.22. The van der Waals surface area contributed by atoms with Crippen molar-refractivity contribution in [2.45, 2.75) is 46.8 Å². The third kappa shape index (κ3) is 3.01. The van der Waals surface area contributed by atoms with Gasteiger partial charge in [0.05, 0.1) is 0 Å². The number of anilines is 1. The number of aryl methyl sites for hydroxylation is 1. The van der Waals surface area contributed by atoms with E-state index in [9.17, 15) is 5.11 Å². The minimum absolute atomic E-state index is 0.308. The van der Waals surface area contributed by atoms with E-state index >= 15 is 0 Å². The molecular formula is C15H22NO. The molecule has 1 aromatic rings. The minimum atomic E-state index is -0.435. The number of benzene rings is 1. The molecule has 1 unspecified atom stereocenters. The van der Waals surface area contributed by atoms with Gasteiger partial charge in [-0.25, -0.2) is 0 Å². The molecule has 1 aliphatic heterocycles. The molecule has 0 aromatic heterocycles. The molecule has 2 heteroatoms. The van der Waals surface area contributed by atoms with Crippen LogP contribution in [-0.4, -0.2) is 11.3 Å². The molecule has 17 heavy (non-hydrogen) atoms. The van der Waals surface area contributed by atoms with Crippen molar-refractivity contribution in [3.63, 3.8) is 0 Å². The van der Waals surface area contributed by atoms with Crippen LogP contribution in [0.15, 0.2) is 12.1 Å². The molecule has 2 nitrogen and oxygen atoms in total. The second-order valence-electron chi connectivity index (χ2n) is 6.21. The number of hydrogen-bond acceptors (Lipinski definition) is 2. The fraction of sp³-hybridized carbons (Fsp3) is 0.533. The lowest BCUT2D eigenvalue weighted by Gasteiger charge is -2.26. The van der Waals surface area contributed by atoms with Gasteiger partial charge in [-0.1, -0.05) is 32.9 Å². The lowest BCUT2D eigenvalue weighted by Crippen LogP contribution is -2.24. The fourth-order valence-electron chi connectivity index (χ4n) is 2.43. The molecule has 93 valence electrons. The number of rotatable bonds is 1. The topological polar surface area (TPSA) is 32.3 Å². The maximum Gasteiger partial charge on any atom is 0.125 e. The summed E-state index contributed by atoms with van der Waals surface area (Å²) in [5.74, 6) is 0. The van der Waals surface area contributed by atoms with Gasteiger partial charge in [0, 0.05) is 5.69 Å². The first-order chi connectivity index (χ1) is 7.85. The van der Waals surface area contributed by atoms with Gasteiger partial charge >= 0.3 is 0 Å². The van der Waals surface area contributed by atoms with Crippen molar-refractivity contribution in [1.82, 2.24) is 0 Å². The van der Waals surface area contributed by atoms with Crippen LogP contribution in [0.5, 0.6) is 0 Å². The predicted molar refractivity (Wildman–Crippen MR) is 72.0 cm³/mol. The molecule has 1 aliphatic rings. The first-order valence-electron chi connectivity index (χ1n) is 6.26. The van der Waals surface area contributed by atoms with E-state index in [2.05, 4.69) is 51.6 Å². The number of aliphatic hydroxyl groups excluding tert-OH is 1. The lowest BCUT2D eigenvalue weighted by atomic mass is 9.85. The average Bonchev–Trinajstić information content (AvgIpc) is 2.17. The molecule has 1 heterocycles. The highest BCUT2D eigenvalue weighted by molar-refractivity contribution is 5.63. The molecule has 0 saturated heterocycles. The Hall–Kier alpha value is -1.02. The summed E-state index contributed by atoms with van der Waals surface area (Å²) in [7, 11) is 0. The molecule has 0 bridgehead atoms. The zero-order chi connectivity index (χ0) is 12.6. The summed E-state index contributed by atoms with van der Waals surface area (Å²) < 4.78 is 0. The van der Waals surface area contributed by atoms with Gasteiger partial charge < -0.3 is 10.4 Å². The molecule has 2 N–H and O–H groups in total. The highest BCUT2D eigenvalue weighted by Gasteiger charge is 2.19. The van der Waals surface area contributed by atoms with Gasteiger partial charge in [0.2, 0.25) is 0 Å². The van der Waals surface area contributed by atoms with Crippen molar-refractivity contribution >= 4 is 5.69 Å². The highest BCUT2D eigenvalue weighted by atomic mass is 16.3. The quantitative estimate of drug-likeness (QED) is 0.779. The van der Waals surface area contributed by atoms with Crippen LogP contribution >= 0.6 is 0 Å². The smallest absolute Gasteiger partial charge is 0.125 e. The van der Waals surface area contributed by atoms with E-state index in [1.54, 1.807) is 0 Å². The summed E-state index contributed by atoms with van der Waals surface area (Å²) in [6, 6.07) is 4.47. The van der Waals surface area contributed by atoms with Crippen LogP contribution in [-0.2, 0) is 6.42 Å². The second-order valence-corrected chi connectivity index (χ2v) is 6.21. The van der Waals surface area contributed by atoms with Crippen molar-refractivity contribution in [2.75, 3.05) is 5.32 Å². The number of nitrogens with one attached hydrogen (secondary N) is 1. The Morgan fingerprint density at radius 1 is 1.35 bits per heavy atom. The Morgan fingerprint density at radius 3 is 2.71 bits per heavy atom. The standard InChI is InChI=1S/C15H22NO/c1-10-7-11(9-15(2,3)4)8-12-5-6-13(17)16-14(10)12/h5,7-8,13,16-17H,6,9H2,1-4H3. The number of hydrogen-bond donors (Lipinski definition) is 2. The Morgan fingerprint density at radius 2 is 2.06 bits per heavy atom. The Balaban J connectivity index is 2.31. The minimum Gasteiger partial charge on any atom is -0.374 e. The fourth-order valence-corrected chi connectivity index (χ4v) is 2.43. The summed E-state index contributed by atoms with van der Waals surface area (Å²) >= 11 is 0. The molecule has 1 atom stereocenters. The third-order valence-corrected chi connectivity index (χ3v) is 3.03. The highest BCUT2D eigenvalue weighted by Crippen LogP contribution is 2.32. The van der Waals surface area contributed by atoms with Gasteiger partial charge in [-0.2, -0.15) is 0 Å². The Bertz CT molecular complexity index is 418. The summed E-state index contributed by atoms with van der Waals surface area (Å²) in [5, 5.41) is 12.7. The molecule has 0 saturated carbocycles. The van der Waals surface area contributed by atoms with Gasteiger partial charge in [-0.05, 0) is 48.3 Å². The van der Waals surface area contributed by atoms with Crippen LogP contribution in [0.4, 0.5) is 5.69 Å². The third-order valence-electron chi connectivity index (χ3n) is 3.03. The van der Waals surface area contributed by atoms with Gasteiger partial charge in [-0.3, -0.25) is 0 Å². The molecular weight excluding hydrogens is 210 g/mol. The van der Waals surface area contributed by atoms with E-state index in [4.69, 9.17) is 0 Å². The predicted octanol–water partition coefficient (Wildman–Crippen LogP) is 3.27. The van der Waals surface area contributed by atoms with Crippen LogP contribution in [0.2, 0.25) is 0 Å². The van der Waals surface area contributed by atoms with Crippen LogP contribution in [0.3, 0.4) is 0 Å². The first-order valence-corrected chi connectivity index (χ1v) is 6.26. The van der Waals surface area contributed by atoms with E-state index < -0.39 is 6.23 Å². The molecule has 2 rings (SSSR count). The van der Waals surface area contributed by atoms with Crippen molar-refractivity contribution in [3.05, 3.63) is 35.2 Å². The SMILES string of the molecule is Cc1cc(CC(C)(C)C)cc2c1NC(O)C[CH]2. The monoisotopic (exact) mass is 232 g/mol. The largest absolute Gasteiger partial charge is 0.374 e. The molecule has 0 fully saturated rings. The maximum absolute atomic E-state index is 9.59. The second kappa shape index (κ2) is 4.34.